The predicted molar refractivity (Wildman–Crippen MR) is 123 cm³/mol. The first-order valence-corrected chi connectivity index (χ1v) is 11.9. The van der Waals surface area contributed by atoms with Crippen LogP contribution in [0.15, 0.2) is 34.2 Å². The van der Waals surface area contributed by atoms with Crippen molar-refractivity contribution in [2.75, 3.05) is 12.4 Å². The summed E-state index contributed by atoms with van der Waals surface area (Å²) in [5.41, 5.74) is 1.93. The van der Waals surface area contributed by atoms with E-state index >= 15 is 0 Å². The second-order valence-corrected chi connectivity index (χ2v) is 9.76. The number of methoxy groups -OCH3 is 1. The van der Waals surface area contributed by atoms with Gasteiger partial charge in [-0.15, -0.1) is 11.3 Å². The number of nitrogens with one attached hydrogen (secondary N) is 1. The molecule has 1 aromatic carbocycles. The first kappa shape index (κ1) is 20.9. The predicted octanol–water partition coefficient (Wildman–Crippen LogP) is 4.48. The van der Waals surface area contributed by atoms with Gasteiger partial charge in [-0.2, -0.15) is 0 Å². The van der Waals surface area contributed by atoms with Gasteiger partial charge in [0.25, 0.3) is 5.56 Å². The van der Waals surface area contributed by atoms with Crippen molar-refractivity contribution >= 4 is 44.9 Å². The van der Waals surface area contributed by atoms with Crippen molar-refractivity contribution in [1.29, 1.82) is 0 Å². The normalized spacial score (nSPS) is 14.0. The van der Waals surface area contributed by atoms with Crippen LogP contribution in [0.2, 0.25) is 0 Å². The Morgan fingerprint density at radius 2 is 2.10 bits per heavy atom. The van der Waals surface area contributed by atoms with E-state index in [0.29, 0.717) is 17.4 Å². The smallest absolute Gasteiger partial charge is 0.263 e. The van der Waals surface area contributed by atoms with E-state index in [-0.39, 0.29) is 11.5 Å². The van der Waals surface area contributed by atoms with Crippen molar-refractivity contribution in [1.82, 2.24) is 9.55 Å². The highest BCUT2D eigenvalue weighted by Gasteiger charge is 2.25. The van der Waals surface area contributed by atoms with Gasteiger partial charge in [0.1, 0.15) is 10.6 Å². The molecule has 6 nitrogen and oxygen atoms in total. The van der Waals surface area contributed by atoms with Crippen molar-refractivity contribution < 1.29 is 9.53 Å². The Bertz CT molecular complexity index is 1140. The second kappa shape index (κ2) is 8.81. The Balaban J connectivity index is 1.59. The highest BCUT2D eigenvalue weighted by molar-refractivity contribution is 8.00. The third kappa shape index (κ3) is 3.98. The summed E-state index contributed by atoms with van der Waals surface area (Å²) in [6.45, 7) is 4.48. The Morgan fingerprint density at radius 1 is 1.33 bits per heavy atom. The fraction of sp³-hybridized carbons (Fsp3) is 0.409. The maximum absolute atomic E-state index is 13.3. The van der Waals surface area contributed by atoms with Gasteiger partial charge in [0, 0.05) is 17.1 Å². The molecule has 0 saturated carbocycles. The number of nitrogens with zero attached hydrogens (tertiary/aromatic N) is 2. The van der Waals surface area contributed by atoms with Crippen LogP contribution in [0.1, 0.15) is 37.1 Å². The van der Waals surface area contributed by atoms with Gasteiger partial charge in [0.05, 0.1) is 17.7 Å². The average molecular weight is 444 g/mol. The minimum absolute atomic E-state index is 0.0338. The number of anilines is 1. The Hall–Kier alpha value is -2.32. The molecule has 158 valence electrons. The van der Waals surface area contributed by atoms with E-state index in [0.717, 1.165) is 41.6 Å². The van der Waals surface area contributed by atoms with Crippen LogP contribution in [-0.4, -0.2) is 27.8 Å². The summed E-state index contributed by atoms with van der Waals surface area (Å²) in [5.74, 6) is 0.607. The summed E-state index contributed by atoms with van der Waals surface area (Å²) in [6.07, 6.45) is 3.95. The summed E-state index contributed by atoms with van der Waals surface area (Å²) < 4.78 is 6.89. The van der Waals surface area contributed by atoms with Crippen molar-refractivity contribution in [3.63, 3.8) is 0 Å². The Morgan fingerprint density at radius 3 is 2.80 bits per heavy atom. The molecule has 3 aromatic rings. The summed E-state index contributed by atoms with van der Waals surface area (Å²) >= 11 is 2.97. The molecule has 2 heterocycles. The fourth-order valence-corrected chi connectivity index (χ4v) is 5.94. The number of aromatic nitrogens is 2. The number of hydrogen-bond acceptors (Lipinski definition) is 6. The molecule has 0 fully saturated rings. The molecule has 0 radical (unpaired) electrons. The van der Waals surface area contributed by atoms with Crippen LogP contribution in [0.4, 0.5) is 5.69 Å². The summed E-state index contributed by atoms with van der Waals surface area (Å²) in [7, 11) is 1.61. The van der Waals surface area contributed by atoms with Crippen LogP contribution in [0.5, 0.6) is 5.75 Å². The quantitative estimate of drug-likeness (QED) is 0.430. The Labute approximate surface area is 183 Å². The number of aryl methyl sites for hydroxylation is 2. The van der Waals surface area contributed by atoms with Gasteiger partial charge < -0.3 is 10.1 Å². The van der Waals surface area contributed by atoms with Gasteiger partial charge in [-0.25, -0.2) is 4.98 Å². The number of thiophene rings is 1. The number of amides is 1. The van der Waals surface area contributed by atoms with E-state index in [2.05, 4.69) is 5.32 Å². The van der Waals surface area contributed by atoms with E-state index in [1.165, 1.54) is 22.2 Å². The molecular formula is C22H25N3O3S2. The number of thioether (sulfide) groups is 1. The summed E-state index contributed by atoms with van der Waals surface area (Å²) in [4.78, 5) is 32.9. The fourth-order valence-electron chi connectivity index (χ4n) is 3.70. The second-order valence-electron chi connectivity index (χ2n) is 7.37. The molecule has 0 aliphatic heterocycles. The van der Waals surface area contributed by atoms with Crippen LogP contribution >= 0.6 is 23.1 Å². The van der Waals surface area contributed by atoms with Crippen molar-refractivity contribution in [3.05, 3.63) is 45.1 Å². The van der Waals surface area contributed by atoms with Gasteiger partial charge in [-0.3, -0.25) is 14.2 Å². The molecule has 4 rings (SSSR count). The molecule has 0 spiro atoms. The topological polar surface area (TPSA) is 73.2 Å². The first-order chi connectivity index (χ1) is 14.5. The molecule has 1 aliphatic rings. The lowest BCUT2D eigenvalue weighted by Gasteiger charge is -2.15. The molecule has 8 heteroatoms. The summed E-state index contributed by atoms with van der Waals surface area (Å²) in [6, 6.07) is 7.22. The lowest BCUT2D eigenvalue weighted by Crippen LogP contribution is -2.27. The van der Waals surface area contributed by atoms with E-state index < -0.39 is 5.25 Å². The zero-order valence-corrected chi connectivity index (χ0v) is 19.0. The largest absolute Gasteiger partial charge is 0.497 e. The SMILES string of the molecule is CCCn1c(SC(C)C(=O)Nc2ccc(OC)cc2)nc2sc3c(c2c1=O)CCC3. The van der Waals surface area contributed by atoms with E-state index in [4.69, 9.17) is 9.72 Å². The Kier molecular flexibility index (Phi) is 6.15. The number of carbonyl (C=O) groups is 1. The first-order valence-electron chi connectivity index (χ1n) is 10.2. The lowest BCUT2D eigenvalue weighted by atomic mass is 10.2. The highest BCUT2D eigenvalue weighted by Crippen LogP contribution is 2.36. The average Bonchev–Trinajstić information content (AvgIpc) is 3.32. The molecule has 0 bridgehead atoms. The van der Waals surface area contributed by atoms with Gasteiger partial charge in [-0.05, 0) is 62.4 Å². The number of rotatable bonds is 7. The number of fused-ring (bicyclic) bond motifs is 3. The molecule has 30 heavy (non-hydrogen) atoms. The molecular weight excluding hydrogens is 418 g/mol. The van der Waals surface area contributed by atoms with Gasteiger partial charge in [0.2, 0.25) is 5.91 Å². The van der Waals surface area contributed by atoms with Crippen LogP contribution in [0.25, 0.3) is 10.2 Å². The van der Waals surface area contributed by atoms with E-state index in [9.17, 15) is 9.59 Å². The van der Waals surface area contributed by atoms with Gasteiger partial charge >= 0.3 is 0 Å². The highest BCUT2D eigenvalue weighted by atomic mass is 32.2. The number of hydrogen-bond donors (Lipinski definition) is 1. The maximum Gasteiger partial charge on any atom is 0.263 e. The molecule has 1 N–H and O–H groups in total. The standard InChI is InChI=1S/C22H25N3O3S2/c1-4-12-25-21(27)18-16-6-5-7-17(16)30-20(18)24-22(25)29-13(2)19(26)23-14-8-10-15(28-3)11-9-14/h8-11,13H,4-7,12H2,1-3H3,(H,23,26). The molecule has 0 saturated heterocycles. The molecule has 2 aromatic heterocycles. The maximum atomic E-state index is 13.3. The van der Waals surface area contributed by atoms with Crippen LogP contribution in [0.3, 0.4) is 0 Å². The zero-order chi connectivity index (χ0) is 21.3. The number of ether oxygens (including phenoxy) is 1. The molecule has 1 unspecified atom stereocenters. The summed E-state index contributed by atoms with van der Waals surface area (Å²) in [5, 5.41) is 3.93. The zero-order valence-electron chi connectivity index (χ0n) is 17.4. The van der Waals surface area contributed by atoms with Gasteiger partial charge in [-0.1, -0.05) is 18.7 Å². The molecule has 1 aliphatic carbocycles. The van der Waals surface area contributed by atoms with Crippen LogP contribution in [0, 0.1) is 0 Å². The third-order valence-corrected chi connectivity index (χ3v) is 7.52. The third-order valence-electron chi connectivity index (χ3n) is 5.25. The molecule has 1 amide bonds. The van der Waals surface area contributed by atoms with Crippen molar-refractivity contribution in [2.24, 2.45) is 0 Å². The minimum atomic E-state index is -0.397. The minimum Gasteiger partial charge on any atom is -0.497 e. The number of carbonyl (C=O) groups excluding carboxylic acids is 1. The van der Waals surface area contributed by atoms with Gasteiger partial charge in [0.15, 0.2) is 5.16 Å². The molecule has 1 atom stereocenters. The lowest BCUT2D eigenvalue weighted by molar-refractivity contribution is -0.115. The number of benzene rings is 1. The van der Waals surface area contributed by atoms with Crippen molar-refractivity contribution in [3.8, 4) is 5.75 Å². The van der Waals surface area contributed by atoms with Crippen LogP contribution < -0.4 is 15.6 Å². The van der Waals surface area contributed by atoms with E-state index in [1.54, 1.807) is 47.3 Å². The van der Waals surface area contributed by atoms with Crippen molar-refractivity contribution in [2.45, 2.75) is 56.5 Å². The van der Waals surface area contributed by atoms with E-state index in [1.807, 2.05) is 13.8 Å². The van der Waals surface area contributed by atoms with Crippen LogP contribution in [-0.2, 0) is 24.2 Å². The monoisotopic (exact) mass is 443 g/mol.